The van der Waals surface area contributed by atoms with Crippen molar-refractivity contribution in [2.75, 3.05) is 13.2 Å². The number of nitrogens with one attached hydrogen (secondary N) is 2. The molecule has 0 saturated carbocycles. The first-order valence-electron chi connectivity index (χ1n) is 7.56. The Labute approximate surface area is 143 Å². The second kappa shape index (κ2) is 8.33. The van der Waals surface area contributed by atoms with Gasteiger partial charge in [-0.05, 0) is 24.1 Å². The highest BCUT2D eigenvalue weighted by Gasteiger charge is 2.14. The number of carbonyl (C=O) groups is 1. The fourth-order valence-corrected chi connectivity index (χ4v) is 2.71. The Bertz CT molecular complexity index is 657. The van der Waals surface area contributed by atoms with Gasteiger partial charge in [-0.25, -0.2) is 10.3 Å². The number of aromatic nitrogens is 1. The molecule has 1 aromatic carbocycles. The van der Waals surface area contributed by atoms with Crippen LogP contribution < -0.4 is 10.8 Å². The summed E-state index contributed by atoms with van der Waals surface area (Å²) in [6, 6.07) is 7.65. The largest absolute Gasteiger partial charge is 0.394 e. The molecule has 23 heavy (non-hydrogen) atoms. The highest BCUT2D eigenvalue weighted by atomic mass is 79.9. The molecule has 2 rings (SSSR count). The van der Waals surface area contributed by atoms with Crippen molar-refractivity contribution in [3.63, 3.8) is 0 Å². The normalized spacial score (nSPS) is 12.6. The molecular weight excluding hydrogens is 362 g/mol. The Kier molecular flexibility index (Phi) is 6.44. The lowest BCUT2D eigenvalue weighted by molar-refractivity contribution is -0.0551. The topological polar surface area (TPSA) is 75.5 Å². The van der Waals surface area contributed by atoms with Gasteiger partial charge in [-0.2, -0.15) is 0 Å². The SMILES string of the molecule is CC(C)C(CO)ONC(=O)NCCn1ccc2c(Br)cccc21. The Morgan fingerprint density at radius 3 is 2.87 bits per heavy atom. The van der Waals surface area contributed by atoms with Gasteiger partial charge in [-0.1, -0.05) is 35.8 Å². The lowest BCUT2D eigenvalue weighted by Crippen LogP contribution is -2.41. The van der Waals surface area contributed by atoms with Crippen molar-refractivity contribution in [3.8, 4) is 0 Å². The standard InChI is InChI=1S/C16H22BrN3O3/c1-11(2)15(10-21)23-19-16(22)18-7-9-20-8-6-12-13(17)4-3-5-14(12)20/h3-6,8,11,15,21H,7,9-10H2,1-2H3,(H2,18,19,22). The number of benzene rings is 1. The number of halogens is 1. The number of urea groups is 1. The van der Waals surface area contributed by atoms with E-state index in [-0.39, 0.29) is 12.5 Å². The molecule has 0 radical (unpaired) electrons. The average molecular weight is 384 g/mol. The first-order valence-corrected chi connectivity index (χ1v) is 8.36. The minimum atomic E-state index is -0.415. The molecule has 0 fully saturated rings. The van der Waals surface area contributed by atoms with Gasteiger partial charge >= 0.3 is 6.03 Å². The van der Waals surface area contributed by atoms with Crippen molar-refractivity contribution in [3.05, 3.63) is 34.9 Å². The smallest absolute Gasteiger partial charge is 0.338 e. The van der Waals surface area contributed by atoms with Gasteiger partial charge in [0.05, 0.1) is 6.61 Å². The molecule has 1 aromatic heterocycles. The number of amides is 2. The zero-order valence-corrected chi connectivity index (χ0v) is 14.8. The second-order valence-electron chi connectivity index (χ2n) is 5.62. The number of rotatable bonds is 7. The zero-order chi connectivity index (χ0) is 16.8. The van der Waals surface area contributed by atoms with Crippen LogP contribution in [0.15, 0.2) is 34.9 Å². The number of hydrogen-bond acceptors (Lipinski definition) is 3. The lowest BCUT2D eigenvalue weighted by Gasteiger charge is -2.18. The van der Waals surface area contributed by atoms with Crippen LogP contribution in [0.25, 0.3) is 10.9 Å². The van der Waals surface area contributed by atoms with Crippen LogP contribution in [0.3, 0.4) is 0 Å². The highest BCUT2D eigenvalue weighted by molar-refractivity contribution is 9.10. The van der Waals surface area contributed by atoms with E-state index in [9.17, 15) is 4.79 Å². The van der Waals surface area contributed by atoms with Crippen LogP contribution in [0.5, 0.6) is 0 Å². The highest BCUT2D eigenvalue weighted by Crippen LogP contribution is 2.24. The predicted octanol–water partition coefficient (Wildman–Crippen LogP) is 2.65. The molecular formula is C16H22BrN3O3. The van der Waals surface area contributed by atoms with Gasteiger partial charge < -0.3 is 15.0 Å². The third-order valence-electron chi connectivity index (χ3n) is 3.63. The van der Waals surface area contributed by atoms with Crippen molar-refractivity contribution >= 4 is 32.9 Å². The van der Waals surface area contributed by atoms with Crippen molar-refractivity contribution in [1.82, 2.24) is 15.4 Å². The fraction of sp³-hybridized carbons (Fsp3) is 0.438. The number of aliphatic hydroxyl groups excluding tert-OH is 1. The summed E-state index contributed by atoms with van der Waals surface area (Å²) < 4.78 is 3.13. The summed E-state index contributed by atoms with van der Waals surface area (Å²) in [5, 5.41) is 13.0. The average Bonchev–Trinajstić information content (AvgIpc) is 2.92. The Balaban J connectivity index is 1.80. The molecule has 2 amide bonds. The molecule has 3 N–H and O–H groups in total. The Morgan fingerprint density at radius 1 is 1.39 bits per heavy atom. The van der Waals surface area contributed by atoms with Crippen molar-refractivity contribution < 1.29 is 14.7 Å². The number of aliphatic hydroxyl groups is 1. The molecule has 6 nitrogen and oxygen atoms in total. The monoisotopic (exact) mass is 383 g/mol. The maximum absolute atomic E-state index is 11.7. The molecule has 0 saturated heterocycles. The molecule has 0 aliphatic carbocycles. The van der Waals surface area contributed by atoms with Crippen LogP contribution in [0.4, 0.5) is 4.79 Å². The Morgan fingerprint density at radius 2 is 2.17 bits per heavy atom. The second-order valence-corrected chi connectivity index (χ2v) is 6.48. The molecule has 0 aliphatic rings. The fourth-order valence-electron chi connectivity index (χ4n) is 2.22. The number of nitrogens with zero attached hydrogens (tertiary/aromatic N) is 1. The van der Waals surface area contributed by atoms with Crippen molar-refractivity contribution in [2.45, 2.75) is 26.5 Å². The van der Waals surface area contributed by atoms with Gasteiger partial charge in [0.2, 0.25) is 0 Å². The summed E-state index contributed by atoms with van der Waals surface area (Å²) >= 11 is 3.52. The van der Waals surface area contributed by atoms with Gasteiger partial charge in [0.15, 0.2) is 0 Å². The van der Waals surface area contributed by atoms with E-state index < -0.39 is 12.1 Å². The van der Waals surface area contributed by atoms with E-state index in [2.05, 4.69) is 31.3 Å². The van der Waals surface area contributed by atoms with E-state index in [0.29, 0.717) is 13.1 Å². The van der Waals surface area contributed by atoms with E-state index >= 15 is 0 Å². The molecule has 0 aliphatic heterocycles. The lowest BCUT2D eigenvalue weighted by atomic mass is 10.1. The van der Waals surface area contributed by atoms with Crippen LogP contribution in [-0.4, -0.2) is 35.0 Å². The molecule has 2 aromatic rings. The number of fused-ring (bicyclic) bond motifs is 1. The number of hydrogen-bond donors (Lipinski definition) is 3. The summed E-state index contributed by atoms with van der Waals surface area (Å²) in [5.41, 5.74) is 3.42. The molecule has 7 heteroatoms. The summed E-state index contributed by atoms with van der Waals surface area (Å²) in [4.78, 5) is 16.8. The Hall–Kier alpha value is -1.57. The third kappa shape index (κ3) is 4.70. The molecule has 0 spiro atoms. The molecule has 126 valence electrons. The van der Waals surface area contributed by atoms with Crippen LogP contribution in [0, 0.1) is 5.92 Å². The van der Waals surface area contributed by atoms with Crippen LogP contribution in [0.2, 0.25) is 0 Å². The van der Waals surface area contributed by atoms with E-state index in [1.165, 1.54) is 0 Å². The van der Waals surface area contributed by atoms with Gasteiger partial charge in [-0.15, -0.1) is 0 Å². The van der Waals surface area contributed by atoms with Gasteiger partial charge in [0.25, 0.3) is 0 Å². The van der Waals surface area contributed by atoms with Crippen LogP contribution in [0.1, 0.15) is 13.8 Å². The first kappa shape index (κ1) is 17.8. The quantitative estimate of drug-likeness (QED) is 0.643. The number of carbonyl (C=O) groups excluding carboxylic acids is 1. The first-order chi connectivity index (χ1) is 11.0. The predicted molar refractivity (Wildman–Crippen MR) is 93.0 cm³/mol. The van der Waals surface area contributed by atoms with Gasteiger partial charge in [0.1, 0.15) is 6.10 Å². The summed E-state index contributed by atoms with van der Waals surface area (Å²) in [5.74, 6) is 0.116. The number of hydroxylamine groups is 1. The van der Waals surface area contributed by atoms with E-state index in [1.807, 2.05) is 44.3 Å². The summed E-state index contributed by atoms with van der Waals surface area (Å²) in [6.07, 6.45) is 1.58. The van der Waals surface area contributed by atoms with Gasteiger partial charge in [-0.3, -0.25) is 4.84 Å². The van der Waals surface area contributed by atoms with Crippen molar-refractivity contribution in [1.29, 1.82) is 0 Å². The van der Waals surface area contributed by atoms with Crippen LogP contribution in [-0.2, 0) is 11.4 Å². The van der Waals surface area contributed by atoms with Crippen molar-refractivity contribution in [2.24, 2.45) is 5.92 Å². The van der Waals surface area contributed by atoms with E-state index in [0.717, 1.165) is 15.4 Å². The van der Waals surface area contributed by atoms with E-state index in [4.69, 9.17) is 9.94 Å². The maximum Gasteiger partial charge on any atom is 0.338 e. The summed E-state index contributed by atoms with van der Waals surface area (Å²) in [7, 11) is 0. The summed E-state index contributed by atoms with van der Waals surface area (Å²) in [6.45, 7) is 4.81. The third-order valence-corrected chi connectivity index (χ3v) is 4.32. The minimum Gasteiger partial charge on any atom is -0.394 e. The zero-order valence-electron chi connectivity index (χ0n) is 13.3. The molecule has 1 atom stereocenters. The van der Waals surface area contributed by atoms with Crippen LogP contribution >= 0.6 is 15.9 Å². The molecule has 0 bridgehead atoms. The molecule has 1 unspecified atom stereocenters. The minimum absolute atomic E-state index is 0.116. The maximum atomic E-state index is 11.7. The van der Waals surface area contributed by atoms with Gasteiger partial charge in [0, 0.05) is 34.7 Å². The molecule has 1 heterocycles. The van der Waals surface area contributed by atoms with E-state index in [1.54, 1.807) is 0 Å².